The quantitative estimate of drug-likeness (QED) is 0.332. The summed E-state index contributed by atoms with van der Waals surface area (Å²) in [6, 6.07) is 11.1. The van der Waals surface area contributed by atoms with Crippen LogP contribution in [-0.2, 0) is 5.41 Å². The summed E-state index contributed by atoms with van der Waals surface area (Å²) in [7, 11) is 1.52. The third-order valence-electron chi connectivity index (χ3n) is 5.05. The van der Waals surface area contributed by atoms with Crippen LogP contribution in [0.5, 0.6) is 11.5 Å². The van der Waals surface area contributed by atoms with Crippen molar-refractivity contribution in [3.63, 3.8) is 0 Å². The topological polar surface area (TPSA) is 110 Å². The van der Waals surface area contributed by atoms with Crippen molar-refractivity contribution >= 4 is 29.1 Å². The molecule has 0 aliphatic carbocycles. The fourth-order valence-electron chi connectivity index (χ4n) is 3.14. The summed E-state index contributed by atoms with van der Waals surface area (Å²) in [6.45, 7) is 9.75. The van der Waals surface area contributed by atoms with Gasteiger partial charge in [0.15, 0.2) is 0 Å². The number of urea groups is 1. The number of halogens is 1. The number of rotatable bonds is 8. The van der Waals surface area contributed by atoms with Crippen LogP contribution in [0, 0.1) is 0 Å². The smallest absolute Gasteiger partial charge is 0.324 e. The fourth-order valence-corrected chi connectivity index (χ4v) is 3.14. The van der Waals surface area contributed by atoms with E-state index in [0.29, 0.717) is 35.0 Å². The first-order valence-electron chi connectivity index (χ1n) is 11.4. The van der Waals surface area contributed by atoms with Crippen molar-refractivity contribution in [3.8, 4) is 11.5 Å². The van der Waals surface area contributed by atoms with E-state index in [4.69, 9.17) is 4.74 Å². The van der Waals surface area contributed by atoms with Gasteiger partial charge in [0.1, 0.15) is 23.0 Å². The Kier molecular flexibility index (Phi) is 8.57. The number of ether oxygens (including phenoxy) is 1. The van der Waals surface area contributed by atoms with Crippen molar-refractivity contribution in [3.05, 3.63) is 91.2 Å². The summed E-state index contributed by atoms with van der Waals surface area (Å²) in [5, 5.41) is 12.6. The molecule has 0 saturated carbocycles. The number of nitrogens with one attached hydrogen (secondary N) is 3. The van der Waals surface area contributed by atoms with Crippen LogP contribution >= 0.6 is 0 Å². The lowest BCUT2D eigenvalue weighted by Crippen LogP contribution is -2.21. The van der Waals surface area contributed by atoms with Gasteiger partial charge in [-0.25, -0.2) is 13.9 Å². The molecular weight excluding hydrogens is 475 g/mol. The van der Waals surface area contributed by atoms with Crippen LogP contribution in [0.15, 0.2) is 79.8 Å². The zero-order valence-electron chi connectivity index (χ0n) is 21.1. The molecule has 3 rings (SSSR count). The monoisotopic (exact) mass is 504 g/mol. The molecule has 0 radical (unpaired) electrons. The van der Waals surface area contributed by atoms with Crippen LogP contribution in [0.4, 0.5) is 20.7 Å². The molecule has 192 valence electrons. The molecule has 0 spiro atoms. The van der Waals surface area contributed by atoms with E-state index < -0.39 is 6.03 Å². The number of anilines is 2. The maximum atomic E-state index is 12.8. The standard InChI is InChI=1S/C27H29FN6O3/c1-6-19(8-7-14-28)34-24(17-23(33-34)27(2,3)4)32-26(36)31-18-9-11-20(12-10-18)37-21-13-15-30-22(16-21)25(35)29-5/h6-17H,1H2,2-5H3,(H,29,35)(H2,31,32,36)/b14-7+,19-8+. The summed E-state index contributed by atoms with van der Waals surface area (Å²) in [4.78, 5) is 28.5. The maximum Gasteiger partial charge on any atom is 0.324 e. The average molecular weight is 505 g/mol. The molecule has 9 nitrogen and oxygen atoms in total. The normalized spacial score (nSPS) is 11.8. The van der Waals surface area contributed by atoms with E-state index in [2.05, 4.69) is 32.6 Å². The number of aromatic nitrogens is 3. The molecule has 0 aliphatic heterocycles. The third-order valence-corrected chi connectivity index (χ3v) is 5.05. The van der Waals surface area contributed by atoms with Gasteiger partial charge in [-0.2, -0.15) is 5.10 Å². The number of allylic oxidation sites excluding steroid dienone is 4. The van der Waals surface area contributed by atoms with Gasteiger partial charge in [-0.3, -0.25) is 15.1 Å². The molecule has 3 amide bonds. The number of pyridine rings is 1. The van der Waals surface area contributed by atoms with Gasteiger partial charge in [-0.1, -0.05) is 27.4 Å². The van der Waals surface area contributed by atoms with Gasteiger partial charge >= 0.3 is 6.03 Å². The van der Waals surface area contributed by atoms with Gasteiger partial charge in [-0.15, -0.1) is 0 Å². The molecular formula is C27H29FN6O3. The van der Waals surface area contributed by atoms with Gasteiger partial charge in [0.05, 0.1) is 17.7 Å². The lowest BCUT2D eigenvalue weighted by molar-refractivity contribution is 0.0957. The molecule has 0 fully saturated rings. The van der Waals surface area contributed by atoms with Crippen LogP contribution in [0.2, 0.25) is 0 Å². The second kappa shape index (κ2) is 11.8. The van der Waals surface area contributed by atoms with Crippen molar-refractivity contribution in [1.29, 1.82) is 0 Å². The molecule has 0 aliphatic rings. The highest BCUT2D eigenvalue weighted by molar-refractivity contribution is 5.99. The van der Waals surface area contributed by atoms with E-state index in [-0.39, 0.29) is 17.0 Å². The SMILES string of the molecule is C=C/C(=C\C=C\F)n1nc(C(C)(C)C)cc1NC(=O)Nc1ccc(Oc2ccnc(C(=O)NC)c2)cc1. The largest absolute Gasteiger partial charge is 0.457 e. The predicted octanol–water partition coefficient (Wildman–Crippen LogP) is 5.88. The molecule has 0 unspecified atom stereocenters. The van der Waals surface area contributed by atoms with Crippen molar-refractivity contribution in [1.82, 2.24) is 20.1 Å². The molecule has 0 saturated heterocycles. The minimum Gasteiger partial charge on any atom is -0.457 e. The second-order valence-corrected chi connectivity index (χ2v) is 8.85. The summed E-state index contributed by atoms with van der Waals surface area (Å²) < 4.78 is 19.8. The van der Waals surface area contributed by atoms with E-state index in [0.717, 1.165) is 5.69 Å². The summed E-state index contributed by atoms with van der Waals surface area (Å²) in [5.41, 5.74) is 1.69. The minimum atomic E-state index is -0.496. The molecule has 3 N–H and O–H groups in total. The summed E-state index contributed by atoms with van der Waals surface area (Å²) >= 11 is 0. The summed E-state index contributed by atoms with van der Waals surface area (Å²) in [5.74, 6) is 1.03. The summed E-state index contributed by atoms with van der Waals surface area (Å²) in [6.07, 6.45) is 6.11. The Bertz CT molecular complexity index is 1340. The molecule has 0 atom stereocenters. The van der Waals surface area contributed by atoms with Gasteiger partial charge in [0.25, 0.3) is 5.91 Å². The van der Waals surface area contributed by atoms with Gasteiger partial charge in [0, 0.05) is 36.5 Å². The molecule has 3 aromatic rings. The molecule has 37 heavy (non-hydrogen) atoms. The van der Waals surface area contributed by atoms with Crippen LogP contribution < -0.4 is 20.7 Å². The highest BCUT2D eigenvalue weighted by Gasteiger charge is 2.21. The number of carbonyl (C=O) groups excluding carboxylic acids is 2. The Hall–Kier alpha value is -4.73. The highest BCUT2D eigenvalue weighted by Crippen LogP contribution is 2.27. The third kappa shape index (κ3) is 7.14. The highest BCUT2D eigenvalue weighted by atomic mass is 19.1. The second-order valence-electron chi connectivity index (χ2n) is 8.85. The lowest BCUT2D eigenvalue weighted by Gasteiger charge is -2.14. The van der Waals surface area contributed by atoms with Crippen LogP contribution in [0.3, 0.4) is 0 Å². The van der Waals surface area contributed by atoms with Crippen LogP contribution in [0.1, 0.15) is 37.0 Å². The molecule has 0 bridgehead atoms. The first-order chi connectivity index (χ1) is 17.6. The molecule has 10 heteroatoms. The average Bonchev–Trinajstić information content (AvgIpc) is 3.29. The van der Waals surface area contributed by atoms with Crippen molar-refractivity contribution in [2.24, 2.45) is 0 Å². The molecule has 2 heterocycles. The van der Waals surface area contributed by atoms with Crippen molar-refractivity contribution in [2.45, 2.75) is 26.2 Å². The Morgan fingerprint density at radius 2 is 1.81 bits per heavy atom. The van der Waals surface area contributed by atoms with Crippen molar-refractivity contribution < 1.29 is 18.7 Å². The van der Waals surface area contributed by atoms with Gasteiger partial charge in [0.2, 0.25) is 0 Å². The van der Waals surface area contributed by atoms with E-state index in [1.807, 2.05) is 20.8 Å². The first-order valence-corrected chi connectivity index (χ1v) is 11.4. The molecule has 1 aromatic carbocycles. The minimum absolute atomic E-state index is 0.235. The maximum absolute atomic E-state index is 12.8. The number of hydrogen-bond acceptors (Lipinski definition) is 5. The van der Waals surface area contributed by atoms with E-state index in [1.54, 1.807) is 36.4 Å². The van der Waals surface area contributed by atoms with Gasteiger partial charge < -0.3 is 15.4 Å². The zero-order chi connectivity index (χ0) is 27.0. The van der Waals surface area contributed by atoms with Crippen LogP contribution in [0.25, 0.3) is 5.70 Å². The Morgan fingerprint density at radius 1 is 1.08 bits per heavy atom. The van der Waals surface area contributed by atoms with E-state index >= 15 is 0 Å². The van der Waals surface area contributed by atoms with Crippen molar-refractivity contribution in [2.75, 3.05) is 17.7 Å². The zero-order valence-corrected chi connectivity index (χ0v) is 21.1. The number of nitrogens with zero attached hydrogens (tertiary/aromatic N) is 3. The molecule has 2 aromatic heterocycles. The lowest BCUT2D eigenvalue weighted by atomic mass is 9.92. The predicted molar refractivity (Wildman–Crippen MR) is 142 cm³/mol. The number of benzene rings is 1. The number of hydrogen-bond donors (Lipinski definition) is 3. The Labute approximate surface area is 214 Å². The number of carbonyl (C=O) groups is 2. The van der Waals surface area contributed by atoms with E-state index in [1.165, 1.54) is 42.2 Å². The van der Waals surface area contributed by atoms with E-state index in [9.17, 15) is 14.0 Å². The van der Waals surface area contributed by atoms with Gasteiger partial charge in [-0.05, 0) is 48.6 Å². The van der Waals surface area contributed by atoms with Crippen LogP contribution in [-0.4, -0.2) is 33.8 Å². The first kappa shape index (κ1) is 26.9. The fraction of sp³-hybridized carbons (Fsp3) is 0.185. The Balaban J connectivity index is 1.73. The number of amides is 3. The Morgan fingerprint density at radius 3 is 2.43 bits per heavy atom.